The predicted molar refractivity (Wildman–Crippen MR) is 111 cm³/mol. The maximum absolute atomic E-state index is 12.4. The first-order valence-electron chi connectivity index (χ1n) is 9.06. The number of rotatable bonds is 7. The van der Waals surface area contributed by atoms with Crippen LogP contribution in [0.5, 0.6) is 0 Å². The Kier molecular flexibility index (Phi) is 6.65. The van der Waals surface area contributed by atoms with Gasteiger partial charge in [0.2, 0.25) is 10.0 Å². The molecule has 0 atom stereocenters. The van der Waals surface area contributed by atoms with E-state index >= 15 is 0 Å². The third-order valence-electron chi connectivity index (χ3n) is 4.72. The largest absolute Gasteiger partial charge is 0.350 e. The Labute approximate surface area is 162 Å². The number of hydrogen-bond donors (Lipinski definition) is 1. The van der Waals surface area contributed by atoms with Gasteiger partial charge < -0.3 is 5.32 Å². The molecule has 0 bridgehead atoms. The lowest BCUT2D eigenvalue weighted by molar-refractivity contribution is 0.0954. The summed E-state index contributed by atoms with van der Waals surface area (Å²) >= 11 is 0. The number of anilines is 1. The van der Waals surface area contributed by atoms with Gasteiger partial charge in [-0.2, -0.15) is 0 Å². The van der Waals surface area contributed by atoms with Gasteiger partial charge in [-0.3, -0.25) is 9.10 Å². The number of benzene rings is 2. The van der Waals surface area contributed by atoms with Crippen LogP contribution >= 0.6 is 0 Å². The number of aryl methyl sites for hydroxylation is 4. The molecule has 0 heterocycles. The predicted octanol–water partition coefficient (Wildman–Crippen LogP) is 3.37. The van der Waals surface area contributed by atoms with Gasteiger partial charge in [0, 0.05) is 12.1 Å². The molecule has 0 radical (unpaired) electrons. The van der Waals surface area contributed by atoms with E-state index in [9.17, 15) is 13.2 Å². The first kappa shape index (κ1) is 21.0. The Hall–Kier alpha value is -2.34. The fraction of sp³-hybridized carbons (Fsp3) is 0.381. The van der Waals surface area contributed by atoms with E-state index in [0.717, 1.165) is 28.7 Å². The summed E-state index contributed by atoms with van der Waals surface area (Å²) in [5, 5.41) is 2.83. The second kappa shape index (κ2) is 8.57. The van der Waals surface area contributed by atoms with Crippen molar-refractivity contribution in [1.29, 1.82) is 0 Å². The first-order valence-corrected chi connectivity index (χ1v) is 10.9. The van der Waals surface area contributed by atoms with E-state index in [0.29, 0.717) is 11.3 Å². The molecule has 146 valence electrons. The van der Waals surface area contributed by atoms with Crippen LogP contribution in [0.15, 0.2) is 36.4 Å². The Balaban J connectivity index is 2.17. The molecule has 0 unspecified atom stereocenters. The number of nitrogens with one attached hydrogen (secondary N) is 1. The average molecular weight is 389 g/mol. The minimum absolute atomic E-state index is 0.188. The lowest BCUT2D eigenvalue weighted by Gasteiger charge is -2.26. The van der Waals surface area contributed by atoms with Crippen molar-refractivity contribution in [2.45, 2.75) is 34.1 Å². The Bertz CT molecular complexity index is 936. The van der Waals surface area contributed by atoms with Crippen molar-refractivity contribution in [2.75, 3.05) is 23.7 Å². The maximum Gasteiger partial charge on any atom is 0.251 e. The van der Waals surface area contributed by atoms with Crippen molar-refractivity contribution in [2.24, 2.45) is 0 Å². The van der Waals surface area contributed by atoms with Gasteiger partial charge in [-0.15, -0.1) is 0 Å². The van der Waals surface area contributed by atoms with Crippen LogP contribution in [0, 0.1) is 20.8 Å². The molecule has 2 aromatic rings. The molecule has 27 heavy (non-hydrogen) atoms. The van der Waals surface area contributed by atoms with Crippen LogP contribution in [0.25, 0.3) is 0 Å². The number of amides is 1. The van der Waals surface area contributed by atoms with Crippen molar-refractivity contribution in [3.63, 3.8) is 0 Å². The lowest BCUT2D eigenvalue weighted by Crippen LogP contribution is -2.39. The standard InChI is InChI=1S/C21H28N2O3S/c1-6-18-9-7-8-16(3)20(18)23(27(5,25)26)13-12-22-21(24)19-11-10-15(2)17(4)14-19/h7-11,14H,6,12-13H2,1-5H3,(H,22,24). The molecule has 2 rings (SSSR count). The highest BCUT2D eigenvalue weighted by atomic mass is 32.2. The second-order valence-electron chi connectivity index (χ2n) is 6.83. The van der Waals surface area contributed by atoms with E-state index in [1.54, 1.807) is 6.07 Å². The van der Waals surface area contributed by atoms with Crippen LogP contribution in [0.4, 0.5) is 5.69 Å². The molecule has 5 nitrogen and oxygen atoms in total. The van der Waals surface area contributed by atoms with Gasteiger partial charge in [0.05, 0.1) is 18.5 Å². The van der Waals surface area contributed by atoms with E-state index < -0.39 is 10.0 Å². The summed E-state index contributed by atoms with van der Waals surface area (Å²) in [6.07, 6.45) is 1.93. The van der Waals surface area contributed by atoms with Crippen molar-refractivity contribution < 1.29 is 13.2 Å². The first-order chi connectivity index (χ1) is 12.6. The Morgan fingerprint density at radius 2 is 1.74 bits per heavy atom. The van der Waals surface area contributed by atoms with Gasteiger partial charge in [0.15, 0.2) is 0 Å². The zero-order chi connectivity index (χ0) is 20.2. The van der Waals surface area contributed by atoms with E-state index in [1.165, 1.54) is 10.6 Å². The number of carbonyl (C=O) groups is 1. The number of para-hydroxylation sites is 1. The highest BCUT2D eigenvalue weighted by Gasteiger charge is 2.21. The van der Waals surface area contributed by atoms with Gasteiger partial charge in [-0.1, -0.05) is 31.2 Å². The third kappa shape index (κ3) is 5.10. The smallest absolute Gasteiger partial charge is 0.251 e. The lowest BCUT2D eigenvalue weighted by atomic mass is 10.1. The number of sulfonamides is 1. The summed E-state index contributed by atoms with van der Waals surface area (Å²) in [6.45, 7) is 8.28. The van der Waals surface area contributed by atoms with Gasteiger partial charge in [0.1, 0.15) is 0 Å². The molecule has 0 aliphatic rings. The summed E-state index contributed by atoms with van der Waals surface area (Å²) in [4.78, 5) is 12.4. The SMILES string of the molecule is CCc1cccc(C)c1N(CCNC(=O)c1ccc(C)c(C)c1)S(C)(=O)=O. The summed E-state index contributed by atoms with van der Waals surface area (Å²) < 4.78 is 26.2. The second-order valence-corrected chi connectivity index (χ2v) is 8.73. The van der Waals surface area contributed by atoms with E-state index in [-0.39, 0.29) is 19.0 Å². The van der Waals surface area contributed by atoms with Crippen molar-refractivity contribution >= 4 is 21.6 Å². The molecule has 0 aliphatic heterocycles. The summed E-state index contributed by atoms with van der Waals surface area (Å²) in [5.74, 6) is -0.202. The van der Waals surface area contributed by atoms with Crippen LogP contribution < -0.4 is 9.62 Å². The van der Waals surface area contributed by atoms with Gasteiger partial charge in [0.25, 0.3) is 5.91 Å². The van der Waals surface area contributed by atoms with Crippen molar-refractivity contribution in [3.8, 4) is 0 Å². The molecule has 1 N–H and O–H groups in total. The fourth-order valence-corrected chi connectivity index (χ4v) is 4.08. The molecule has 0 aliphatic carbocycles. The van der Waals surface area contributed by atoms with E-state index in [4.69, 9.17) is 0 Å². The zero-order valence-electron chi connectivity index (χ0n) is 16.7. The van der Waals surface area contributed by atoms with Gasteiger partial charge in [-0.25, -0.2) is 8.42 Å². The van der Waals surface area contributed by atoms with Gasteiger partial charge >= 0.3 is 0 Å². The maximum atomic E-state index is 12.4. The summed E-state index contributed by atoms with van der Waals surface area (Å²) in [6, 6.07) is 11.3. The number of hydrogen-bond acceptors (Lipinski definition) is 3. The molecule has 6 heteroatoms. The topological polar surface area (TPSA) is 66.5 Å². The number of nitrogens with zero attached hydrogens (tertiary/aromatic N) is 1. The quantitative estimate of drug-likeness (QED) is 0.791. The van der Waals surface area contributed by atoms with E-state index in [1.807, 2.05) is 58.0 Å². The third-order valence-corrected chi connectivity index (χ3v) is 5.89. The average Bonchev–Trinajstić information content (AvgIpc) is 2.60. The minimum Gasteiger partial charge on any atom is -0.350 e. The Morgan fingerprint density at radius 3 is 2.33 bits per heavy atom. The molecule has 0 saturated heterocycles. The molecule has 1 amide bonds. The van der Waals surface area contributed by atoms with Crippen LogP contribution in [-0.4, -0.2) is 33.7 Å². The molecule has 0 aromatic heterocycles. The highest BCUT2D eigenvalue weighted by Crippen LogP contribution is 2.27. The van der Waals surface area contributed by atoms with Gasteiger partial charge in [-0.05, 0) is 61.6 Å². The molecular formula is C21H28N2O3S. The molecule has 0 spiro atoms. The van der Waals surface area contributed by atoms with Crippen molar-refractivity contribution in [1.82, 2.24) is 5.32 Å². The molecular weight excluding hydrogens is 360 g/mol. The van der Waals surface area contributed by atoms with Crippen LogP contribution in [0.3, 0.4) is 0 Å². The Morgan fingerprint density at radius 1 is 1.04 bits per heavy atom. The normalized spacial score (nSPS) is 11.3. The van der Waals surface area contributed by atoms with Crippen LogP contribution in [-0.2, 0) is 16.4 Å². The van der Waals surface area contributed by atoms with E-state index in [2.05, 4.69) is 5.32 Å². The summed E-state index contributed by atoms with van der Waals surface area (Å²) in [7, 11) is -3.47. The van der Waals surface area contributed by atoms with Crippen LogP contribution in [0.2, 0.25) is 0 Å². The number of carbonyl (C=O) groups excluding carboxylic acids is 1. The minimum atomic E-state index is -3.47. The molecule has 0 fully saturated rings. The monoisotopic (exact) mass is 388 g/mol. The van der Waals surface area contributed by atoms with Crippen molar-refractivity contribution in [3.05, 3.63) is 64.2 Å². The molecule has 2 aromatic carbocycles. The zero-order valence-corrected chi connectivity index (χ0v) is 17.5. The molecule has 0 saturated carbocycles. The highest BCUT2D eigenvalue weighted by molar-refractivity contribution is 7.92. The fourth-order valence-electron chi connectivity index (χ4n) is 3.06. The summed E-state index contributed by atoms with van der Waals surface area (Å²) in [5.41, 5.74) is 5.34. The van der Waals surface area contributed by atoms with Crippen LogP contribution in [0.1, 0.15) is 39.5 Å².